The number of aryl methyl sites for hydroxylation is 1. The van der Waals surface area contributed by atoms with Gasteiger partial charge in [0.15, 0.2) is 5.17 Å². The molecule has 1 aromatic heterocycles. The van der Waals surface area contributed by atoms with E-state index in [1.54, 1.807) is 19.0 Å². The first kappa shape index (κ1) is 13.9. The smallest absolute Gasteiger partial charge is 0.266 e. The molecule has 0 aliphatic carbocycles. The Hall–Kier alpha value is -1.49. The first-order valence-corrected chi connectivity index (χ1v) is 7.08. The predicted molar refractivity (Wildman–Crippen MR) is 81.3 cm³/mol. The van der Waals surface area contributed by atoms with Gasteiger partial charge in [0.1, 0.15) is 0 Å². The first-order valence-electron chi connectivity index (χ1n) is 6.27. The molecule has 1 aliphatic heterocycles. The van der Waals surface area contributed by atoms with Crippen LogP contribution in [0.25, 0.3) is 6.08 Å². The molecular formula is C14H19N3OS. The van der Waals surface area contributed by atoms with Crippen LogP contribution in [-0.2, 0) is 4.79 Å². The Morgan fingerprint density at radius 3 is 2.58 bits per heavy atom. The lowest BCUT2D eigenvalue weighted by atomic mass is 10.3. The van der Waals surface area contributed by atoms with Crippen molar-refractivity contribution in [3.05, 3.63) is 28.4 Å². The number of carbonyl (C=O) groups excluding carboxylic acids is 1. The van der Waals surface area contributed by atoms with Crippen molar-refractivity contribution >= 4 is 28.9 Å². The maximum atomic E-state index is 12.1. The molecule has 0 aromatic carbocycles. The summed E-state index contributed by atoms with van der Waals surface area (Å²) in [6.45, 7) is 6.38. The van der Waals surface area contributed by atoms with Gasteiger partial charge in [-0.05, 0) is 50.2 Å². The van der Waals surface area contributed by atoms with Crippen LogP contribution in [0.2, 0.25) is 0 Å². The monoisotopic (exact) mass is 277 g/mol. The van der Waals surface area contributed by atoms with Crippen LogP contribution in [0.4, 0.5) is 0 Å². The third-order valence-corrected chi connectivity index (χ3v) is 4.27. The number of carbonyl (C=O) groups is 1. The topological polar surface area (TPSA) is 37.6 Å². The largest absolute Gasteiger partial charge is 0.349 e. The molecule has 2 heterocycles. The van der Waals surface area contributed by atoms with Crippen molar-refractivity contribution in [1.82, 2.24) is 9.47 Å². The van der Waals surface area contributed by atoms with Crippen LogP contribution in [0.5, 0.6) is 0 Å². The molecule has 2 rings (SSSR count). The quantitative estimate of drug-likeness (QED) is 0.780. The number of hydrogen-bond acceptors (Lipinski definition) is 3. The normalized spacial score (nSPS) is 20.3. The lowest BCUT2D eigenvalue weighted by Gasteiger charge is -2.08. The third-order valence-electron chi connectivity index (χ3n) is 3.12. The Balaban J connectivity index is 2.32. The molecule has 0 N–H and O–H groups in total. The van der Waals surface area contributed by atoms with E-state index in [0.717, 1.165) is 15.6 Å². The van der Waals surface area contributed by atoms with Crippen molar-refractivity contribution in [3.8, 4) is 0 Å². The third kappa shape index (κ3) is 2.61. The molecule has 19 heavy (non-hydrogen) atoms. The van der Waals surface area contributed by atoms with Gasteiger partial charge >= 0.3 is 0 Å². The number of amides is 1. The zero-order chi connectivity index (χ0) is 14.2. The highest BCUT2D eigenvalue weighted by atomic mass is 32.2. The Kier molecular flexibility index (Phi) is 3.85. The molecule has 0 radical (unpaired) electrons. The SMILES string of the molecule is CN=C1S/C(=C/c2cc(C)n(C(C)C)c2)C(=O)N1C. The van der Waals surface area contributed by atoms with Crippen LogP contribution in [0.1, 0.15) is 31.1 Å². The molecule has 0 bridgehead atoms. The van der Waals surface area contributed by atoms with Gasteiger partial charge in [-0.3, -0.25) is 14.7 Å². The molecule has 0 atom stereocenters. The minimum atomic E-state index is 0.0144. The summed E-state index contributed by atoms with van der Waals surface area (Å²) in [5.41, 5.74) is 2.27. The van der Waals surface area contributed by atoms with E-state index in [4.69, 9.17) is 0 Å². The Bertz CT molecular complexity index is 569. The number of hydrogen-bond donors (Lipinski definition) is 0. The number of rotatable bonds is 2. The number of aliphatic imine (C=N–C) groups is 1. The highest BCUT2D eigenvalue weighted by molar-refractivity contribution is 8.18. The number of likely N-dealkylation sites (N-methyl/N-ethyl adjacent to an activating group) is 1. The Morgan fingerprint density at radius 1 is 1.42 bits per heavy atom. The maximum absolute atomic E-state index is 12.1. The highest BCUT2D eigenvalue weighted by Crippen LogP contribution is 2.31. The summed E-state index contributed by atoms with van der Waals surface area (Å²) < 4.78 is 2.20. The van der Waals surface area contributed by atoms with E-state index in [1.165, 1.54) is 17.5 Å². The van der Waals surface area contributed by atoms with Gasteiger partial charge < -0.3 is 4.57 Å². The maximum Gasteiger partial charge on any atom is 0.266 e. The number of aromatic nitrogens is 1. The van der Waals surface area contributed by atoms with E-state index in [0.29, 0.717) is 6.04 Å². The van der Waals surface area contributed by atoms with Crippen LogP contribution in [0.3, 0.4) is 0 Å². The fourth-order valence-electron chi connectivity index (χ4n) is 2.15. The molecule has 0 saturated carbocycles. The van der Waals surface area contributed by atoms with Crippen LogP contribution < -0.4 is 0 Å². The van der Waals surface area contributed by atoms with Crippen LogP contribution in [-0.4, -0.2) is 34.6 Å². The van der Waals surface area contributed by atoms with E-state index < -0.39 is 0 Å². The molecule has 1 fully saturated rings. The zero-order valence-electron chi connectivity index (χ0n) is 12.0. The summed E-state index contributed by atoms with van der Waals surface area (Å²) in [6, 6.07) is 2.52. The summed E-state index contributed by atoms with van der Waals surface area (Å²) >= 11 is 1.42. The lowest BCUT2D eigenvalue weighted by molar-refractivity contribution is -0.121. The van der Waals surface area contributed by atoms with Crippen molar-refractivity contribution in [3.63, 3.8) is 0 Å². The lowest BCUT2D eigenvalue weighted by Crippen LogP contribution is -2.23. The van der Waals surface area contributed by atoms with Crippen LogP contribution in [0.15, 0.2) is 22.2 Å². The van der Waals surface area contributed by atoms with Crippen LogP contribution in [0, 0.1) is 6.92 Å². The molecule has 1 amide bonds. The zero-order valence-corrected chi connectivity index (χ0v) is 12.8. The fourth-order valence-corrected chi connectivity index (χ4v) is 3.08. The number of amidine groups is 1. The van der Waals surface area contributed by atoms with Crippen molar-refractivity contribution < 1.29 is 4.79 Å². The molecule has 1 aromatic rings. The van der Waals surface area contributed by atoms with E-state index >= 15 is 0 Å². The summed E-state index contributed by atoms with van der Waals surface area (Å²) in [5, 5.41) is 0.747. The molecular weight excluding hydrogens is 258 g/mol. The summed E-state index contributed by atoms with van der Waals surface area (Å²) in [5.74, 6) is 0.0144. The molecule has 0 spiro atoms. The molecule has 4 nitrogen and oxygen atoms in total. The number of nitrogens with zero attached hydrogens (tertiary/aromatic N) is 3. The van der Waals surface area contributed by atoms with Gasteiger partial charge in [-0.15, -0.1) is 0 Å². The fraction of sp³-hybridized carbons (Fsp3) is 0.429. The minimum Gasteiger partial charge on any atom is -0.349 e. The van der Waals surface area contributed by atoms with Gasteiger partial charge in [0, 0.05) is 32.0 Å². The van der Waals surface area contributed by atoms with E-state index in [2.05, 4.69) is 42.6 Å². The Labute approximate surface area is 118 Å². The molecule has 102 valence electrons. The molecule has 1 aliphatic rings. The molecule has 1 saturated heterocycles. The second kappa shape index (κ2) is 5.25. The van der Waals surface area contributed by atoms with Gasteiger partial charge in [-0.2, -0.15) is 0 Å². The van der Waals surface area contributed by atoms with E-state index in [9.17, 15) is 4.79 Å². The van der Waals surface area contributed by atoms with Crippen LogP contribution >= 0.6 is 11.8 Å². The number of thioether (sulfide) groups is 1. The second-order valence-electron chi connectivity index (χ2n) is 4.90. The van der Waals surface area contributed by atoms with Crippen molar-refractivity contribution in [2.75, 3.05) is 14.1 Å². The van der Waals surface area contributed by atoms with Crippen molar-refractivity contribution in [2.24, 2.45) is 4.99 Å². The first-order chi connectivity index (χ1) is 8.93. The highest BCUT2D eigenvalue weighted by Gasteiger charge is 2.29. The van der Waals surface area contributed by atoms with Gasteiger partial charge in [0.2, 0.25) is 0 Å². The second-order valence-corrected chi connectivity index (χ2v) is 5.91. The van der Waals surface area contributed by atoms with Gasteiger partial charge in [0.05, 0.1) is 4.91 Å². The van der Waals surface area contributed by atoms with Gasteiger partial charge in [-0.1, -0.05) is 0 Å². The Morgan fingerprint density at radius 2 is 2.11 bits per heavy atom. The van der Waals surface area contributed by atoms with Gasteiger partial charge in [-0.25, -0.2) is 0 Å². The summed E-state index contributed by atoms with van der Waals surface area (Å²) in [7, 11) is 3.46. The average molecular weight is 277 g/mol. The molecule has 5 heteroatoms. The summed E-state index contributed by atoms with van der Waals surface area (Å²) in [4.78, 5) is 18.5. The van der Waals surface area contributed by atoms with Gasteiger partial charge in [0.25, 0.3) is 5.91 Å². The summed E-state index contributed by atoms with van der Waals surface area (Å²) in [6.07, 6.45) is 4.02. The minimum absolute atomic E-state index is 0.0144. The molecule has 0 unspecified atom stereocenters. The average Bonchev–Trinajstić information content (AvgIpc) is 2.84. The van der Waals surface area contributed by atoms with Crippen molar-refractivity contribution in [2.45, 2.75) is 26.8 Å². The van der Waals surface area contributed by atoms with E-state index in [-0.39, 0.29) is 5.91 Å². The standard InChI is InChI=1S/C14H19N3OS/c1-9(2)17-8-11(6-10(17)3)7-12-13(18)16(5)14(15-4)19-12/h6-9H,1-5H3/b12-7+,15-14?. The van der Waals surface area contributed by atoms with Crippen molar-refractivity contribution in [1.29, 1.82) is 0 Å². The van der Waals surface area contributed by atoms with E-state index in [1.807, 2.05) is 6.08 Å². The predicted octanol–water partition coefficient (Wildman–Crippen LogP) is 2.91.